The molecule has 2 nitrogen and oxygen atoms in total. The topological polar surface area (TPSA) is 8.17 Å². The molecule has 0 spiro atoms. The summed E-state index contributed by atoms with van der Waals surface area (Å²) in [6.45, 7) is 25.9. The summed E-state index contributed by atoms with van der Waals surface area (Å²) in [4.78, 5) is 2.76. The van der Waals surface area contributed by atoms with Crippen molar-refractivity contribution in [1.29, 1.82) is 0 Å². The second-order valence-corrected chi connectivity index (χ2v) is 25.9. The number of anilines is 2. The maximum absolute atomic E-state index is 2.76. The first-order valence-electron chi connectivity index (χ1n) is 24.5. The normalized spacial score (nSPS) is 15.0. The molecular formula is C63H55BN2S2. The summed E-state index contributed by atoms with van der Waals surface area (Å²) in [6.07, 6.45) is 0. The minimum atomic E-state index is -0.244. The molecule has 0 amide bonds. The Morgan fingerprint density at radius 2 is 1.09 bits per heavy atom. The van der Waals surface area contributed by atoms with Crippen LogP contribution >= 0.6 is 22.7 Å². The zero-order valence-corrected chi connectivity index (χ0v) is 42.6. The third kappa shape index (κ3) is 5.30. The van der Waals surface area contributed by atoms with Gasteiger partial charge in [0.2, 0.25) is 0 Å². The van der Waals surface area contributed by atoms with Crippen LogP contribution in [0, 0.1) is 0 Å². The van der Waals surface area contributed by atoms with Gasteiger partial charge >= 0.3 is 6.85 Å². The number of aromatic nitrogens is 1. The molecule has 0 saturated heterocycles. The predicted octanol–water partition coefficient (Wildman–Crippen LogP) is 17.0. The molecule has 1 aliphatic carbocycles. The lowest BCUT2D eigenvalue weighted by molar-refractivity contribution is 0.590. The van der Waals surface area contributed by atoms with Crippen molar-refractivity contribution in [3.05, 3.63) is 161 Å². The van der Waals surface area contributed by atoms with E-state index in [1.165, 1.54) is 140 Å². The quantitative estimate of drug-likeness (QED) is 0.149. The molecule has 0 bridgehead atoms. The van der Waals surface area contributed by atoms with Crippen molar-refractivity contribution in [2.24, 2.45) is 0 Å². The Kier molecular flexibility index (Phi) is 7.90. The summed E-state index contributed by atoms with van der Waals surface area (Å²) in [5.74, 6) is 0. The van der Waals surface area contributed by atoms with Crippen LogP contribution in [0.2, 0.25) is 0 Å². The predicted molar refractivity (Wildman–Crippen MR) is 299 cm³/mol. The molecule has 8 aromatic carbocycles. The van der Waals surface area contributed by atoms with E-state index in [4.69, 9.17) is 0 Å². The first kappa shape index (κ1) is 40.9. The molecule has 5 heteroatoms. The van der Waals surface area contributed by atoms with E-state index in [-0.39, 0.29) is 28.5 Å². The maximum atomic E-state index is 2.76. The van der Waals surface area contributed by atoms with E-state index in [0.717, 1.165) is 0 Å². The van der Waals surface area contributed by atoms with Crippen LogP contribution in [0.25, 0.3) is 90.1 Å². The minimum absolute atomic E-state index is 0.0148. The molecule has 11 aromatic rings. The van der Waals surface area contributed by atoms with Gasteiger partial charge in [0.1, 0.15) is 0 Å². The van der Waals surface area contributed by atoms with Crippen molar-refractivity contribution in [3.8, 4) is 27.9 Å². The number of nitrogens with zero attached hydrogens (tertiary/aromatic N) is 2. The zero-order valence-electron chi connectivity index (χ0n) is 41.0. The molecule has 0 saturated carbocycles. The fourth-order valence-electron chi connectivity index (χ4n) is 12.7. The Labute approximate surface area is 408 Å². The highest BCUT2D eigenvalue weighted by Crippen LogP contribution is 2.60. The molecule has 0 fully saturated rings. The van der Waals surface area contributed by atoms with Crippen molar-refractivity contribution in [2.75, 3.05) is 4.81 Å². The number of rotatable bonds is 1. The second kappa shape index (κ2) is 13.1. The molecule has 332 valence electrons. The first-order chi connectivity index (χ1) is 32.4. The standard InChI is InChI=1S/C63H55BN2S2/c1-60(2,3)34-20-24-37(25-21-34)66-48-30-41-39-26-22-36(62(7,8)9)29-51(39)68-52(41)32-44(48)55-54-40-17-12-14-18-45(40)63(10,11)57(54)56-43-28-35(61(4,5)6)23-27-47(43)65-49-31-42-38-16-13-15-19-50(38)67-53(42)33-46(49)64(66)58(55)59(56)65/h12-33H,1-11H3. The lowest BCUT2D eigenvalue weighted by Crippen LogP contribution is -2.60. The number of thiophene rings is 2. The van der Waals surface area contributed by atoms with Gasteiger partial charge in [-0.1, -0.05) is 149 Å². The summed E-state index contributed by atoms with van der Waals surface area (Å²) < 4.78 is 8.09. The number of hydrogen-bond acceptors (Lipinski definition) is 3. The van der Waals surface area contributed by atoms with Crippen LogP contribution in [0.4, 0.5) is 11.4 Å². The van der Waals surface area contributed by atoms with Gasteiger partial charge in [0.05, 0.1) is 11.0 Å². The monoisotopic (exact) mass is 914 g/mol. The number of benzene rings is 8. The number of fused-ring (bicyclic) bond motifs is 19. The van der Waals surface area contributed by atoms with Crippen molar-refractivity contribution in [2.45, 2.75) is 97.8 Å². The Bertz CT molecular complexity index is 4060. The van der Waals surface area contributed by atoms with Crippen molar-refractivity contribution < 1.29 is 0 Å². The Hall–Kier alpha value is -6.14. The van der Waals surface area contributed by atoms with Crippen LogP contribution in [0.5, 0.6) is 0 Å². The van der Waals surface area contributed by atoms with E-state index < -0.39 is 0 Å². The molecule has 0 atom stereocenters. The maximum Gasteiger partial charge on any atom is 0.333 e. The Morgan fingerprint density at radius 3 is 1.84 bits per heavy atom. The van der Waals surface area contributed by atoms with Gasteiger partial charge in [0.25, 0.3) is 0 Å². The minimum Gasteiger partial charge on any atom is -0.376 e. The summed E-state index contributed by atoms with van der Waals surface area (Å²) in [7, 11) is 0. The van der Waals surface area contributed by atoms with Gasteiger partial charge in [-0.2, -0.15) is 0 Å². The van der Waals surface area contributed by atoms with E-state index in [1.54, 1.807) is 0 Å². The third-order valence-corrected chi connectivity index (χ3v) is 18.4. The summed E-state index contributed by atoms with van der Waals surface area (Å²) in [5.41, 5.74) is 21.6. The summed E-state index contributed by atoms with van der Waals surface area (Å²) in [6, 6.07) is 53.0. The van der Waals surface area contributed by atoms with Crippen LogP contribution in [0.1, 0.15) is 104 Å². The van der Waals surface area contributed by atoms with E-state index >= 15 is 0 Å². The van der Waals surface area contributed by atoms with Gasteiger partial charge in [0.15, 0.2) is 0 Å². The van der Waals surface area contributed by atoms with Crippen molar-refractivity contribution in [1.82, 2.24) is 4.57 Å². The third-order valence-electron chi connectivity index (χ3n) is 16.2. The lowest BCUT2D eigenvalue weighted by Gasteiger charge is -2.43. The van der Waals surface area contributed by atoms with Crippen LogP contribution < -0.4 is 15.7 Å². The smallest absolute Gasteiger partial charge is 0.333 e. The molecule has 14 rings (SSSR count). The lowest BCUT2D eigenvalue weighted by atomic mass is 9.43. The second-order valence-electron chi connectivity index (χ2n) is 23.8. The molecule has 2 aliphatic heterocycles. The van der Waals surface area contributed by atoms with Gasteiger partial charge in [-0.3, -0.25) is 0 Å². The van der Waals surface area contributed by atoms with Crippen LogP contribution in [-0.2, 0) is 21.7 Å². The average Bonchev–Trinajstić information content (AvgIpc) is 4.02. The van der Waals surface area contributed by atoms with Crippen LogP contribution in [0.15, 0.2) is 133 Å². The van der Waals surface area contributed by atoms with E-state index in [1.807, 2.05) is 22.7 Å². The summed E-state index contributed by atoms with van der Waals surface area (Å²) in [5, 5.41) is 8.11. The Balaban J connectivity index is 1.22. The van der Waals surface area contributed by atoms with E-state index in [0.29, 0.717) is 0 Å². The molecule has 5 heterocycles. The van der Waals surface area contributed by atoms with Gasteiger partial charge in [-0.05, 0) is 132 Å². The van der Waals surface area contributed by atoms with E-state index in [2.05, 4.69) is 219 Å². The van der Waals surface area contributed by atoms with E-state index in [9.17, 15) is 0 Å². The highest BCUT2D eigenvalue weighted by Gasteiger charge is 2.50. The van der Waals surface area contributed by atoms with Gasteiger partial charge in [-0.15, -0.1) is 22.7 Å². The van der Waals surface area contributed by atoms with Crippen molar-refractivity contribution >= 4 is 114 Å². The molecule has 3 aromatic heterocycles. The fourth-order valence-corrected chi connectivity index (χ4v) is 15.0. The van der Waals surface area contributed by atoms with Gasteiger partial charge in [0, 0.05) is 79.2 Å². The van der Waals surface area contributed by atoms with Gasteiger partial charge in [-0.25, -0.2) is 0 Å². The first-order valence-corrected chi connectivity index (χ1v) is 26.2. The molecular weight excluding hydrogens is 860 g/mol. The average molecular weight is 915 g/mol. The Morgan fingerprint density at radius 1 is 0.485 bits per heavy atom. The number of hydrogen-bond donors (Lipinski definition) is 0. The largest absolute Gasteiger partial charge is 0.376 e. The highest BCUT2D eigenvalue weighted by atomic mass is 32.1. The van der Waals surface area contributed by atoms with Crippen LogP contribution in [-0.4, -0.2) is 11.4 Å². The van der Waals surface area contributed by atoms with Crippen LogP contribution in [0.3, 0.4) is 0 Å². The zero-order chi connectivity index (χ0) is 46.7. The fraction of sp³-hybridized carbons (Fsp3) is 0.238. The van der Waals surface area contributed by atoms with Crippen molar-refractivity contribution in [3.63, 3.8) is 0 Å². The molecule has 0 radical (unpaired) electrons. The molecule has 0 N–H and O–H groups in total. The molecule has 0 unspecified atom stereocenters. The van der Waals surface area contributed by atoms with Gasteiger partial charge < -0.3 is 9.38 Å². The molecule has 3 aliphatic rings. The summed E-state index contributed by atoms with van der Waals surface area (Å²) >= 11 is 3.89. The SMILES string of the molecule is CC(C)(C)c1ccc(N2B3c4cc5sc6ccccc6c5cc4-n4c5ccc(C(C)(C)C)cc5c5c6c(c(c3c54)-c3cc4sc5cc(C(C)(C)C)ccc5c4cc32)-c2ccccc2C6(C)C)cc1. The molecule has 68 heavy (non-hydrogen) atoms. The highest BCUT2D eigenvalue weighted by molar-refractivity contribution is 7.26.